The van der Waals surface area contributed by atoms with Gasteiger partial charge in [-0.1, -0.05) is 12.7 Å². The molecule has 1 heteroatoms. The molecule has 0 aromatic carbocycles. The molecule has 1 aromatic rings. The van der Waals surface area contributed by atoms with E-state index in [2.05, 4.69) is 17.1 Å². The molecule has 0 amide bonds. The Morgan fingerprint density at radius 2 is 2.71 bits per heavy atom. The molecule has 0 atom stereocenters. The number of hydrogen-bond donors (Lipinski definition) is 0. The lowest BCUT2D eigenvalue weighted by atomic mass is 10.3. The molecule has 35 valence electrons. The van der Waals surface area contributed by atoms with E-state index in [9.17, 15) is 0 Å². The Kier molecular flexibility index (Phi) is 0.984. The van der Waals surface area contributed by atoms with Crippen LogP contribution in [0, 0.1) is 6.07 Å². The van der Waals surface area contributed by atoms with Gasteiger partial charge in [-0.3, -0.25) is 0 Å². The van der Waals surface area contributed by atoms with Gasteiger partial charge in [-0.25, -0.2) is 0 Å². The molecule has 0 N–H and O–H groups in total. The summed E-state index contributed by atoms with van der Waals surface area (Å²) in [7, 11) is 0. The van der Waals surface area contributed by atoms with E-state index in [1.807, 2.05) is 0 Å². The average molecular weight is 93.1 g/mol. The van der Waals surface area contributed by atoms with Crippen LogP contribution < -0.4 is 0 Å². The Morgan fingerprint density at radius 1 is 1.86 bits per heavy atom. The van der Waals surface area contributed by atoms with E-state index >= 15 is 0 Å². The molecule has 1 nitrogen and oxygen atoms in total. The van der Waals surface area contributed by atoms with Crippen LogP contribution in [0.5, 0.6) is 0 Å². The van der Waals surface area contributed by atoms with Crippen molar-refractivity contribution in [2.24, 2.45) is 0 Å². The molecule has 0 fully saturated rings. The number of furan rings is 1. The largest absolute Gasteiger partial charge is 0.471 e. The van der Waals surface area contributed by atoms with Gasteiger partial charge in [-0.05, 0) is 0 Å². The second-order valence-corrected chi connectivity index (χ2v) is 1.18. The summed E-state index contributed by atoms with van der Waals surface area (Å²) in [6, 6.07) is 2.80. The first kappa shape index (κ1) is 4.19. The fourth-order valence-corrected chi connectivity index (χ4v) is 0.350. The summed E-state index contributed by atoms with van der Waals surface area (Å²) in [6.45, 7) is 3.51. The van der Waals surface area contributed by atoms with Crippen LogP contribution in [0.2, 0.25) is 0 Å². The standard InChI is InChI=1S/C6H5O/c1-2-6-3-4-7-5-6/h2,4-5H,1H2. The zero-order valence-electron chi connectivity index (χ0n) is 3.85. The van der Waals surface area contributed by atoms with Crippen molar-refractivity contribution in [2.75, 3.05) is 0 Å². The van der Waals surface area contributed by atoms with E-state index in [4.69, 9.17) is 0 Å². The molecule has 1 heterocycles. The van der Waals surface area contributed by atoms with E-state index in [-0.39, 0.29) is 0 Å². The third kappa shape index (κ3) is 0.712. The smallest absolute Gasteiger partial charge is 0.0988 e. The fraction of sp³-hybridized carbons (Fsp3) is 0. The van der Waals surface area contributed by atoms with E-state index in [1.165, 1.54) is 6.26 Å². The van der Waals surface area contributed by atoms with Crippen LogP contribution in [0.25, 0.3) is 6.08 Å². The van der Waals surface area contributed by atoms with Gasteiger partial charge in [0.05, 0.1) is 12.5 Å². The highest BCUT2D eigenvalue weighted by molar-refractivity contribution is 5.42. The molecular weight excluding hydrogens is 88.1 g/mol. The fourth-order valence-electron chi connectivity index (χ4n) is 0.350. The highest BCUT2D eigenvalue weighted by Gasteiger charge is 1.81. The minimum absolute atomic E-state index is 0.903. The van der Waals surface area contributed by atoms with Gasteiger partial charge in [-0.2, -0.15) is 0 Å². The summed E-state index contributed by atoms with van der Waals surface area (Å²) in [5.41, 5.74) is 0.903. The topological polar surface area (TPSA) is 13.1 Å². The van der Waals surface area contributed by atoms with E-state index in [0.717, 1.165) is 5.56 Å². The lowest BCUT2D eigenvalue weighted by molar-refractivity contribution is 0.566. The lowest BCUT2D eigenvalue weighted by Crippen LogP contribution is -1.51. The average Bonchev–Trinajstić information content (AvgIpc) is 2.14. The molecular formula is C6H5O. The predicted octanol–water partition coefficient (Wildman–Crippen LogP) is 1.72. The van der Waals surface area contributed by atoms with Crippen LogP contribution in [0.4, 0.5) is 0 Å². The van der Waals surface area contributed by atoms with Crippen molar-refractivity contribution in [3.05, 3.63) is 30.7 Å². The molecule has 1 radical (unpaired) electrons. The second-order valence-electron chi connectivity index (χ2n) is 1.18. The van der Waals surface area contributed by atoms with Crippen molar-refractivity contribution < 1.29 is 4.42 Å². The first-order chi connectivity index (χ1) is 3.43. The van der Waals surface area contributed by atoms with Crippen LogP contribution >= 0.6 is 0 Å². The molecule has 7 heavy (non-hydrogen) atoms. The minimum Gasteiger partial charge on any atom is -0.471 e. The molecule has 0 spiro atoms. The summed E-state index contributed by atoms with van der Waals surface area (Å²) >= 11 is 0. The molecule has 1 aromatic heterocycles. The Hall–Kier alpha value is -0.980. The summed E-state index contributed by atoms with van der Waals surface area (Å²) < 4.78 is 4.68. The van der Waals surface area contributed by atoms with Gasteiger partial charge in [0.2, 0.25) is 0 Å². The Bertz CT molecular complexity index is 139. The van der Waals surface area contributed by atoms with Crippen molar-refractivity contribution in [3.63, 3.8) is 0 Å². The van der Waals surface area contributed by atoms with E-state index in [1.54, 1.807) is 12.3 Å². The Balaban J connectivity index is 2.96. The third-order valence-corrected chi connectivity index (χ3v) is 0.709. The maximum Gasteiger partial charge on any atom is 0.0988 e. The molecule has 0 saturated heterocycles. The predicted molar refractivity (Wildman–Crippen MR) is 27.6 cm³/mol. The molecule has 0 unspecified atom stereocenters. The Morgan fingerprint density at radius 3 is 3.00 bits per heavy atom. The van der Waals surface area contributed by atoms with Gasteiger partial charge >= 0.3 is 0 Å². The van der Waals surface area contributed by atoms with Crippen LogP contribution in [-0.2, 0) is 0 Å². The molecule has 0 bridgehead atoms. The molecule has 1 rings (SSSR count). The molecule has 0 saturated carbocycles. The van der Waals surface area contributed by atoms with Gasteiger partial charge < -0.3 is 4.42 Å². The lowest BCUT2D eigenvalue weighted by Gasteiger charge is -1.68. The number of hydrogen-bond acceptors (Lipinski definition) is 1. The van der Waals surface area contributed by atoms with Gasteiger partial charge in [0.25, 0.3) is 0 Å². The Labute approximate surface area is 42.3 Å². The molecule has 0 aliphatic heterocycles. The first-order valence-corrected chi connectivity index (χ1v) is 2.00. The first-order valence-electron chi connectivity index (χ1n) is 2.00. The van der Waals surface area contributed by atoms with Crippen molar-refractivity contribution in [2.45, 2.75) is 0 Å². The zero-order valence-corrected chi connectivity index (χ0v) is 3.85. The minimum atomic E-state index is 0.903. The quantitative estimate of drug-likeness (QED) is 0.515. The van der Waals surface area contributed by atoms with Crippen molar-refractivity contribution in [1.82, 2.24) is 0 Å². The van der Waals surface area contributed by atoms with E-state index < -0.39 is 0 Å². The highest BCUT2D eigenvalue weighted by Crippen LogP contribution is 1.97. The van der Waals surface area contributed by atoms with Crippen LogP contribution in [-0.4, -0.2) is 0 Å². The number of rotatable bonds is 1. The highest BCUT2D eigenvalue weighted by atomic mass is 16.3. The summed E-state index contributed by atoms with van der Waals surface area (Å²) in [4.78, 5) is 0. The normalized spacial score (nSPS) is 8.57. The zero-order chi connectivity index (χ0) is 5.11. The van der Waals surface area contributed by atoms with Gasteiger partial charge in [0.1, 0.15) is 0 Å². The monoisotopic (exact) mass is 93.0 g/mol. The molecule has 0 aliphatic rings. The van der Waals surface area contributed by atoms with Crippen LogP contribution in [0.3, 0.4) is 0 Å². The van der Waals surface area contributed by atoms with Gasteiger partial charge in [0, 0.05) is 11.6 Å². The summed E-state index contributed by atoms with van der Waals surface area (Å²) in [5, 5.41) is 0. The van der Waals surface area contributed by atoms with Crippen LogP contribution in [0.15, 0.2) is 23.5 Å². The summed E-state index contributed by atoms with van der Waals surface area (Å²) in [6.07, 6.45) is 4.77. The second kappa shape index (κ2) is 1.65. The van der Waals surface area contributed by atoms with Crippen molar-refractivity contribution in [1.29, 1.82) is 0 Å². The van der Waals surface area contributed by atoms with Crippen LogP contribution in [0.1, 0.15) is 5.56 Å². The maximum absolute atomic E-state index is 4.68. The summed E-state index contributed by atoms with van der Waals surface area (Å²) in [5.74, 6) is 0. The van der Waals surface area contributed by atoms with E-state index in [0.29, 0.717) is 0 Å². The third-order valence-electron chi connectivity index (χ3n) is 0.709. The van der Waals surface area contributed by atoms with Gasteiger partial charge in [-0.15, -0.1) is 0 Å². The van der Waals surface area contributed by atoms with Gasteiger partial charge in [0.15, 0.2) is 0 Å². The maximum atomic E-state index is 4.68. The molecule has 0 aliphatic carbocycles. The van der Waals surface area contributed by atoms with Crippen molar-refractivity contribution >= 4 is 6.08 Å². The SMILES string of the molecule is C=Cc1[c]coc1. The van der Waals surface area contributed by atoms with Crippen molar-refractivity contribution in [3.8, 4) is 0 Å².